The molecule has 0 atom stereocenters. The standard InChI is InChI=1S/C8H7B/c1-2-4-8-7(3-1)5-6-9-8/h1-4,6H,5H2. The van der Waals surface area contributed by atoms with E-state index in [1.54, 1.807) is 0 Å². The summed E-state index contributed by atoms with van der Waals surface area (Å²) >= 11 is 0. The van der Waals surface area contributed by atoms with Crippen LogP contribution < -0.4 is 5.46 Å². The van der Waals surface area contributed by atoms with Crippen LogP contribution in [-0.2, 0) is 6.42 Å². The van der Waals surface area contributed by atoms with Crippen LogP contribution in [0.3, 0.4) is 0 Å². The van der Waals surface area contributed by atoms with Crippen molar-refractivity contribution in [3.63, 3.8) is 0 Å². The molecule has 1 aliphatic rings. The second kappa shape index (κ2) is 1.83. The van der Waals surface area contributed by atoms with E-state index in [0.29, 0.717) is 0 Å². The number of rotatable bonds is 0. The summed E-state index contributed by atoms with van der Waals surface area (Å²) in [6, 6.07) is 8.49. The molecule has 1 aliphatic heterocycles. The number of hydrogen-bond acceptors (Lipinski definition) is 0. The Bertz CT molecular complexity index is 250. The molecular weight excluding hydrogens is 107 g/mol. The Morgan fingerprint density at radius 2 is 2.11 bits per heavy atom. The molecule has 0 N–H and O–H groups in total. The first kappa shape index (κ1) is 4.98. The monoisotopic (exact) mass is 114 g/mol. The first-order valence-electron chi connectivity index (χ1n) is 3.21. The predicted molar refractivity (Wildman–Crippen MR) is 41.6 cm³/mol. The second-order valence-electron chi connectivity index (χ2n) is 2.31. The first-order valence-corrected chi connectivity index (χ1v) is 3.21. The zero-order valence-corrected chi connectivity index (χ0v) is 5.17. The minimum atomic E-state index is 1.12. The van der Waals surface area contributed by atoms with Gasteiger partial charge < -0.3 is 0 Å². The molecule has 42 valence electrons. The summed E-state index contributed by atoms with van der Waals surface area (Å²) in [4.78, 5) is 0. The molecule has 2 rings (SSSR count). The normalized spacial score (nSPS) is 12.9. The Morgan fingerprint density at radius 3 is 3.00 bits per heavy atom. The van der Waals surface area contributed by atoms with E-state index >= 15 is 0 Å². The van der Waals surface area contributed by atoms with Crippen molar-refractivity contribution in [3.05, 3.63) is 29.8 Å². The van der Waals surface area contributed by atoms with Crippen LogP contribution in [0.15, 0.2) is 24.3 Å². The topological polar surface area (TPSA) is 0 Å². The van der Waals surface area contributed by atoms with Crippen molar-refractivity contribution in [2.75, 3.05) is 0 Å². The molecule has 0 unspecified atom stereocenters. The molecule has 1 heteroatoms. The van der Waals surface area contributed by atoms with Gasteiger partial charge in [-0.3, -0.25) is 0 Å². The molecule has 0 aliphatic carbocycles. The van der Waals surface area contributed by atoms with E-state index in [0.717, 1.165) is 6.42 Å². The summed E-state index contributed by atoms with van der Waals surface area (Å²) < 4.78 is 0. The van der Waals surface area contributed by atoms with Gasteiger partial charge in [0.05, 0.1) is 0 Å². The van der Waals surface area contributed by atoms with Crippen LogP contribution in [-0.4, -0.2) is 12.9 Å². The summed E-state index contributed by atoms with van der Waals surface area (Å²) in [5.74, 6) is 2.20. The van der Waals surface area contributed by atoms with E-state index in [1.807, 2.05) is 0 Å². The van der Waals surface area contributed by atoms with Gasteiger partial charge in [0.2, 0.25) is 0 Å². The molecule has 0 spiro atoms. The maximum absolute atomic E-state index is 2.20. The summed E-state index contributed by atoms with van der Waals surface area (Å²) in [5, 5.41) is 0. The molecule has 0 saturated carbocycles. The molecule has 1 heterocycles. The third kappa shape index (κ3) is 0.729. The maximum atomic E-state index is 2.20. The van der Waals surface area contributed by atoms with Gasteiger partial charge in [0.15, 0.2) is 0 Å². The molecule has 0 fully saturated rings. The van der Waals surface area contributed by atoms with Crippen LogP contribution >= 0.6 is 0 Å². The van der Waals surface area contributed by atoms with Gasteiger partial charge in [-0.25, -0.2) is 0 Å². The third-order valence-electron chi connectivity index (χ3n) is 1.69. The van der Waals surface area contributed by atoms with E-state index < -0.39 is 0 Å². The van der Waals surface area contributed by atoms with Crippen LogP contribution in [0.4, 0.5) is 0 Å². The van der Waals surface area contributed by atoms with Gasteiger partial charge in [-0.2, -0.15) is 0 Å². The molecule has 0 radical (unpaired) electrons. The van der Waals surface area contributed by atoms with Crippen molar-refractivity contribution < 1.29 is 0 Å². The Hall–Kier alpha value is -0.845. The van der Waals surface area contributed by atoms with Gasteiger partial charge >= 0.3 is 54.6 Å². The third-order valence-corrected chi connectivity index (χ3v) is 1.69. The van der Waals surface area contributed by atoms with Crippen LogP contribution in [0.25, 0.3) is 0 Å². The van der Waals surface area contributed by atoms with Crippen LogP contribution in [0.2, 0.25) is 0 Å². The summed E-state index contributed by atoms with van der Waals surface area (Å²) in [5.41, 5.74) is 2.84. The fourth-order valence-electron chi connectivity index (χ4n) is 1.20. The molecular formula is C8H7B. The second-order valence-corrected chi connectivity index (χ2v) is 2.31. The SMILES string of the molecule is B1=CCc2ccccc21. The van der Waals surface area contributed by atoms with Gasteiger partial charge in [-0.15, -0.1) is 0 Å². The quantitative estimate of drug-likeness (QED) is 0.427. The molecule has 1 aromatic rings. The van der Waals surface area contributed by atoms with Gasteiger partial charge in [0, 0.05) is 0 Å². The van der Waals surface area contributed by atoms with Crippen molar-refractivity contribution >= 4 is 18.4 Å². The van der Waals surface area contributed by atoms with Gasteiger partial charge in [0.1, 0.15) is 0 Å². The van der Waals surface area contributed by atoms with E-state index in [4.69, 9.17) is 0 Å². The van der Waals surface area contributed by atoms with Crippen molar-refractivity contribution in [2.24, 2.45) is 0 Å². The Kier molecular flexibility index (Phi) is 1.02. The fourth-order valence-corrected chi connectivity index (χ4v) is 1.20. The van der Waals surface area contributed by atoms with Gasteiger partial charge in [-0.05, 0) is 0 Å². The van der Waals surface area contributed by atoms with Gasteiger partial charge in [-0.1, -0.05) is 0 Å². The zero-order chi connectivity index (χ0) is 6.10. The molecule has 0 bridgehead atoms. The van der Waals surface area contributed by atoms with Crippen molar-refractivity contribution in [1.29, 1.82) is 0 Å². The Balaban J connectivity index is 2.63. The fraction of sp³-hybridized carbons (Fsp3) is 0.125. The molecule has 0 nitrogen and oxygen atoms in total. The number of fused-ring (bicyclic) bond motifs is 1. The van der Waals surface area contributed by atoms with Crippen molar-refractivity contribution in [2.45, 2.75) is 6.42 Å². The molecule has 9 heavy (non-hydrogen) atoms. The first-order chi connectivity index (χ1) is 4.47. The van der Waals surface area contributed by atoms with E-state index in [-0.39, 0.29) is 0 Å². The zero-order valence-electron chi connectivity index (χ0n) is 5.17. The minimum absolute atomic E-state index is 1.12. The summed E-state index contributed by atoms with van der Waals surface area (Å²) in [6.07, 6.45) is 1.12. The van der Waals surface area contributed by atoms with E-state index in [9.17, 15) is 0 Å². The Morgan fingerprint density at radius 1 is 1.22 bits per heavy atom. The van der Waals surface area contributed by atoms with Crippen molar-refractivity contribution in [1.82, 2.24) is 0 Å². The molecule has 0 amide bonds. The molecule has 1 aromatic carbocycles. The van der Waals surface area contributed by atoms with Gasteiger partial charge in [0.25, 0.3) is 0 Å². The average Bonchev–Trinajstić information content (AvgIpc) is 2.33. The summed E-state index contributed by atoms with van der Waals surface area (Å²) in [6.45, 7) is 2.18. The van der Waals surface area contributed by atoms with E-state index in [2.05, 4.69) is 37.2 Å². The van der Waals surface area contributed by atoms with Crippen LogP contribution in [0.5, 0.6) is 0 Å². The molecule has 0 saturated heterocycles. The number of benzene rings is 1. The predicted octanol–water partition coefficient (Wildman–Crippen LogP) is 0.374. The van der Waals surface area contributed by atoms with Crippen molar-refractivity contribution in [3.8, 4) is 0 Å². The van der Waals surface area contributed by atoms with Crippen LogP contribution in [0.1, 0.15) is 5.56 Å². The average molecular weight is 114 g/mol. The van der Waals surface area contributed by atoms with Crippen LogP contribution in [0, 0.1) is 0 Å². The molecule has 0 aromatic heterocycles. The Labute approximate surface area is 55.4 Å². The number of hydrogen-bond donors (Lipinski definition) is 0. The van der Waals surface area contributed by atoms with E-state index in [1.165, 1.54) is 11.0 Å². The summed E-state index contributed by atoms with van der Waals surface area (Å²) in [7, 11) is 0.